The second-order valence-electron chi connectivity index (χ2n) is 6.36. The van der Waals surface area contributed by atoms with E-state index >= 15 is 0 Å². The molecule has 0 aromatic heterocycles. The maximum atomic E-state index is 12.4. The van der Waals surface area contributed by atoms with E-state index in [9.17, 15) is 4.79 Å². The van der Waals surface area contributed by atoms with Gasteiger partial charge in [-0.2, -0.15) is 0 Å². The monoisotopic (exact) mass is 325 g/mol. The van der Waals surface area contributed by atoms with Gasteiger partial charge in [0.1, 0.15) is 0 Å². The van der Waals surface area contributed by atoms with Crippen LogP contribution in [0, 0.1) is 0 Å². The molecule has 4 N–H and O–H groups in total. The molecule has 4 heteroatoms. The van der Waals surface area contributed by atoms with E-state index in [1.807, 2.05) is 32.0 Å². The minimum atomic E-state index is -0.126. The molecule has 0 bridgehead atoms. The Balaban J connectivity index is 2.18. The molecule has 24 heavy (non-hydrogen) atoms. The zero-order chi connectivity index (χ0) is 17.5. The lowest BCUT2D eigenvalue weighted by molar-refractivity contribution is 0.0944. The molecular formula is C20H27N3O. The van der Waals surface area contributed by atoms with Crippen LogP contribution in [0.25, 0.3) is 0 Å². The summed E-state index contributed by atoms with van der Waals surface area (Å²) >= 11 is 0. The fourth-order valence-corrected chi connectivity index (χ4v) is 2.49. The van der Waals surface area contributed by atoms with Gasteiger partial charge in [-0.3, -0.25) is 4.79 Å². The number of nitrogens with one attached hydrogen (secondary N) is 2. The number of benzene rings is 2. The number of carbonyl (C=O) groups is 1. The van der Waals surface area contributed by atoms with Crippen LogP contribution in [0.3, 0.4) is 0 Å². The zero-order valence-corrected chi connectivity index (χ0v) is 14.7. The van der Waals surface area contributed by atoms with Gasteiger partial charge in [-0.25, -0.2) is 0 Å². The first-order valence-electron chi connectivity index (χ1n) is 8.56. The highest BCUT2D eigenvalue weighted by molar-refractivity contribution is 6.01. The lowest BCUT2D eigenvalue weighted by atomic mass is 10.1. The van der Waals surface area contributed by atoms with E-state index in [-0.39, 0.29) is 11.9 Å². The Hall–Kier alpha value is -2.49. The average Bonchev–Trinajstić information content (AvgIpc) is 2.55. The van der Waals surface area contributed by atoms with Gasteiger partial charge in [0.25, 0.3) is 5.91 Å². The van der Waals surface area contributed by atoms with Gasteiger partial charge in [0.05, 0.1) is 11.3 Å². The molecule has 0 aliphatic heterocycles. The molecule has 2 aromatic rings. The van der Waals surface area contributed by atoms with Crippen LogP contribution in [0.1, 0.15) is 49.5 Å². The van der Waals surface area contributed by atoms with Crippen molar-refractivity contribution < 1.29 is 4.79 Å². The average molecular weight is 325 g/mol. The second-order valence-corrected chi connectivity index (χ2v) is 6.36. The molecule has 128 valence electrons. The SMILES string of the molecule is CCCCc1ccc(Nc2ccc(N)cc2C(=O)NC(C)C)cc1. The highest BCUT2D eigenvalue weighted by atomic mass is 16.1. The molecule has 0 aliphatic carbocycles. The number of nitrogen functional groups attached to an aromatic ring is 1. The van der Waals surface area contributed by atoms with Crippen molar-refractivity contribution in [3.05, 3.63) is 53.6 Å². The molecule has 2 rings (SSSR count). The van der Waals surface area contributed by atoms with Gasteiger partial charge in [-0.05, 0) is 62.6 Å². The molecule has 1 amide bonds. The Morgan fingerprint density at radius 2 is 1.83 bits per heavy atom. The third-order valence-electron chi connectivity index (χ3n) is 3.76. The van der Waals surface area contributed by atoms with Crippen LogP contribution < -0.4 is 16.4 Å². The molecule has 0 aliphatic rings. The summed E-state index contributed by atoms with van der Waals surface area (Å²) in [6.07, 6.45) is 3.49. The molecule has 0 heterocycles. The van der Waals surface area contributed by atoms with E-state index in [2.05, 4.69) is 29.7 Å². The number of hydrogen-bond donors (Lipinski definition) is 3. The van der Waals surface area contributed by atoms with Crippen molar-refractivity contribution in [3.8, 4) is 0 Å². The minimum Gasteiger partial charge on any atom is -0.399 e. The Morgan fingerprint density at radius 1 is 1.12 bits per heavy atom. The van der Waals surface area contributed by atoms with Crippen LogP contribution in [0.4, 0.5) is 17.1 Å². The van der Waals surface area contributed by atoms with E-state index in [1.165, 1.54) is 18.4 Å². The first-order chi connectivity index (χ1) is 11.5. The summed E-state index contributed by atoms with van der Waals surface area (Å²) in [5.41, 5.74) is 10.0. The molecular weight excluding hydrogens is 298 g/mol. The van der Waals surface area contributed by atoms with Crippen molar-refractivity contribution in [3.63, 3.8) is 0 Å². The summed E-state index contributed by atoms with van der Waals surface area (Å²) in [5.74, 6) is -0.126. The normalized spacial score (nSPS) is 10.7. The van der Waals surface area contributed by atoms with Crippen LogP contribution in [-0.4, -0.2) is 11.9 Å². The minimum absolute atomic E-state index is 0.0737. The van der Waals surface area contributed by atoms with Crippen LogP contribution in [0.2, 0.25) is 0 Å². The van der Waals surface area contributed by atoms with Crippen molar-refractivity contribution in [2.45, 2.75) is 46.1 Å². The number of rotatable bonds is 7. The van der Waals surface area contributed by atoms with Crippen LogP contribution in [-0.2, 0) is 6.42 Å². The number of aryl methyl sites for hydroxylation is 1. The molecule has 0 atom stereocenters. The summed E-state index contributed by atoms with van der Waals surface area (Å²) in [7, 11) is 0. The largest absolute Gasteiger partial charge is 0.399 e. The Bertz CT molecular complexity index is 678. The summed E-state index contributed by atoms with van der Waals surface area (Å²) < 4.78 is 0. The fourth-order valence-electron chi connectivity index (χ4n) is 2.49. The molecule has 0 spiro atoms. The fraction of sp³-hybridized carbons (Fsp3) is 0.350. The quantitative estimate of drug-likeness (QED) is 0.657. The summed E-state index contributed by atoms with van der Waals surface area (Å²) in [6, 6.07) is 13.8. The third kappa shape index (κ3) is 5.01. The van der Waals surface area contributed by atoms with Gasteiger partial charge in [0, 0.05) is 17.4 Å². The van der Waals surface area contributed by atoms with Crippen molar-refractivity contribution in [1.29, 1.82) is 0 Å². The number of anilines is 3. The van der Waals surface area contributed by atoms with Gasteiger partial charge >= 0.3 is 0 Å². The van der Waals surface area contributed by atoms with E-state index in [0.29, 0.717) is 11.3 Å². The molecule has 0 saturated carbocycles. The first-order valence-corrected chi connectivity index (χ1v) is 8.56. The predicted octanol–water partition coefficient (Wildman–Crippen LogP) is 4.49. The van der Waals surface area contributed by atoms with Gasteiger partial charge < -0.3 is 16.4 Å². The molecule has 4 nitrogen and oxygen atoms in total. The number of amides is 1. The number of nitrogens with two attached hydrogens (primary N) is 1. The molecule has 0 unspecified atom stereocenters. The number of carbonyl (C=O) groups excluding carboxylic acids is 1. The van der Waals surface area contributed by atoms with Gasteiger partial charge in [0.15, 0.2) is 0 Å². The zero-order valence-electron chi connectivity index (χ0n) is 14.7. The molecule has 0 saturated heterocycles. The van der Waals surface area contributed by atoms with Crippen LogP contribution >= 0.6 is 0 Å². The number of unbranched alkanes of at least 4 members (excludes halogenated alkanes) is 1. The van der Waals surface area contributed by atoms with E-state index < -0.39 is 0 Å². The van der Waals surface area contributed by atoms with Crippen LogP contribution in [0.5, 0.6) is 0 Å². The Kier molecular flexibility index (Phi) is 6.24. The van der Waals surface area contributed by atoms with Gasteiger partial charge in [0.2, 0.25) is 0 Å². The summed E-state index contributed by atoms with van der Waals surface area (Å²) in [4.78, 5) is 12.4. The Labute approximate surface area is 144 Å². The highest BCUT2D eigenvalue weighted by Crippen LogP contribution is 2.24. The number of hydrogen-bond acceptors (Lipinski definition) is 3. The Morgan fingerprint density at radius 3 is 2.46 bits per heavy atom. The third-order valence-corrected chi connectivity index (χ3v) is 3.76. The lowest BCUT2D eigenvalue weighted by Gasteiger charge is -2.15. The summed E-state index contributed by atoms with van der Waals surface area (Å²) in [6.45, 7) is 6.07. The predicted molar refractivity (Wildman–Crippen MR) is 102 cm³/mol. The van der Waals surface area contributed by atoms with Crippen molar-refractivity contribution >= 4 is 23.0 Å². The van der Waals surface area contributed by atoms with Crippen molar-refractivity contribution in [2.24, 2.45) is 0 Å². The van der Waals surface area contributed by atoms with Gasteiger partial charge in [-0.15, -0.1) is 0 Å². The van der Waals surface area contributed by atoms with Crippen LogP contribution in [0.15, 0.2) is 42.5 Å². The molecule has 0 radical (unpaired) electrons. The maximum absolute atomic E-state index is 12.4. The van der Waals surface area contributed by atoms with E-state index in [4.69, 9.17) is 5.73 Å². The van der Waals surface area contributed by atoms with E-state index in [1.54, 1.807) is 12.1 Å². The topological polar surface area (TPSA) is 67.1 Å². The van der Waals surface area contributed by atoms with Crippen molar-refractivity contribution in [2.75, 3.05) is 11.1 Å². The molecule has 2 aromatic carbocycles. The smallest absolute Gasteiger partial charge is 0.253 e. The van der Waals surface area contributed by atoms with Crippen molar-refractivity contribution in [1.82, 2.24) is 5.32 Å². The first kappa shape index (κ1) is 17.9. The maximum Gasteiger partial charge on any atom is 0.253 e. The highest BCUT2D eigenvalue weighted by Gasteiger charge is 2.13. The molecule has 0 fully saturated rings. The lowest BCUT2D eigenvalue weighted by Crippen LogP contribution is -2.30. The van der Waals surface area contributed by atoms with E-state index in [0.717, 1.165) is 17.8 Å². The second kappa shape index (κ2) is 8.39. The standard InChI is InChI=1S/C20H27N3O/c1-4-5-6-15-7-10-17(11-8-15)23-19-12-9-16(21)13-18(19)20(24)22-14(2)3/h7-14,23H,4-6,21H2,1-3H3,(H,22,24). The van der Waals surface area contributed by atoms with Gasteiger partial charge in [-0.1, -0.05) is 25.5 Å². The summed E-state index contributed by atoms with van der Waals surface area (Å²) in [5, 5.41) is 6.23.